The molecule has 0 aliphatic carbocycles. The van der Waals surface area contributed by atoms with E-state index in [0.717, 1.165) is 0 Å². The lowest BCUT2D eigenvalue weighted by Gasteiger charge is -2.21. The van der Waals surface area contributed by atoms with Gasteiger partial charge in [-0.1, -0.05) is 60.7 Å². The third-order valence-electron chi connectivity index (χ3n) is 4.41. The topological polar surface area (TPSA) is 86.5 Å². The van der Waals surface area contributed by atoms with E-state index < -0.39 is 22.9 Å². The van der Waals surface area contributed by atoms with E-state index in [4.69, 9.17) is 4.74 Å². The van der Waals surface area contributed by atoms with Crippen molar-refractivity contribution < 1.29 is 19.2 Å². The van der Waals surface area contributed by atoms with Crippen LogP contribution in [-0.4, -0.2) is 29.3 Å². The molecule has 2 aromatic carbocycles. The zero-order chi connectivity index (χ0) is 19.6. The molecule has 6 heteroatoms. The average molecular weight is 369 g/mol. The molecule has 0 aliphatic heterocycles. The normalized spacial score (nSPS) is 12.8. The van der Waals surface area contributed by atoms with Crippen molar-refractivity contribution in [2.75, 3.05) is 6.61 Å². The van der Waals surface area contributed by atoms with Crippen molar-refractivity contribution in [2.24, 2.45) is 0 Å². The first kappa shape index (κ1) is 20.3. The number of esters is 1. The minimum atomic E-state index is -1.05. The SMILES string of the molecule is CCOC(=O)CC[C@H]([C@H](CC(=O)c1ccccc1)c1ccccc1)[N+](=O)[O-]. The Kier molecular flexibility index (Phi) is 7.67. The maximum Gasteiger partial charge on any atom is 0.306 e. The van der Waals surface area contributed by atoms with Crippen molar-refractivity contribution in [3.63, 3.8) is 0 Å². The molecule has 0 radical (unpaired) electrons. The first-order valence-electron chi connectivity index (χ1n) is 8.95. The van der Waals surface area contributed by atoms with Crippen LogP contribution < -0.4 is 0 Å². The summed E-state index contributed by atoms with van der Waals surface area (Å²) in [6.07, 6.45) is -0.0295. The van der Waals surface area contributed by atoms with Crippen LogP contribution in [0.2, 0.25) is 0 Å². The summed E-state index contributed by atoms with van der Waals surface area (Å²) in [5.74, 6) is -1.25. The molecule has 0 saturated carbocycles. The first-order chi connectivity index (χ1) is 13.0. The number of hydrogen-bond donors (Lipinski definition) is 0. The predicted molar refractivity (Wildman–Crippen MR) is 101 cm³/mol. The van der Waals surface area contributed by atoms with Gasteiger partial charge < -0.3 is 4.74 Å². The molecule has 142 valence electrons. The summed E-state index contributed by atoms with van der Waals surface area (Å²) >= 11 is 0. The predicted octanol–water partition coefficient (Wildman–Crippen LogP) is 4.03. The third-order valence-corrected chi connectivity index (χ3v) is 4.41. The highest BCUT2D eigenvalue weighted by Crippen LogP contribution is 2.29. The summed E-state index contributed by atoms with van der Waals surface area (Å²) in [5, 5.41) is 11.7. The Morgan fingerprint density at radius 2 is 1.63 bits per heavy atom. The molecule has 6 nitrogen and oxygen atoms in total. The lowest BCUT2D eigenvalue weighted by molar-refractivity contribution is -0.527. The van der Waals surface area contributed by atoms with Crippen molar-refractivity contribution in [2.45, 2.75) is 38.1 Å². The van der Waals surface area contributed by atoms with Gasteiger partial charge in [0.25, 0.3) is 0 Å². The molecule has 0 spiro atoms. The van der Waals surface area contributed by atoms with E-state index >= 15 is 0 Å². The molecule has 0 unspecified atom stereocenters. The number of benzene rings is 2. The van der Waals surface area contributed by atoms with Gasteiger partial charge >= 0.3 is 5.97 Å². The molecule has 0 aromatic heterocycles. The van der Waals surface area contributed by atoms with E-state index in [9.17, 15) is 19.7 Å². The molecule has 0 heterocycles. The summed E-state index contributed by atoms with van der Waals surface area (Å²) in [6.45, 7) is 1.92. The molecule has 0 fully saturated rings. The summed E-state index contributed by atoms with van der Waals surface area (Å²) in [4.78, 5) is 35.7. The van der Waals surface area contributed by atoms with Crippen molar-refractivity contribution in [3.8, 4) is 0 Å². The fraction of sp³-hybridized carbons (Fsp3) is 0.333. The number of ketones is 1. The lowest BCUT2D eigenvalue weighted by atomic mass is 9.84. The second kappa shape index (κ2) is 10.2. The summed E-state index contributed by atoms with van der Waals surface area (Å²) in [7, 11) is 0. The Balaban J connectivity index is 2.25. The second-order valence-electron chi connectivity index (χ2n) is 6.21. The van der Waals surface area contributed by atoms with Gasteiger partial charge in [-0.25, -0.2) is 0 Å². The minimum absolute atomic E-state index is 0.00248. The molecule has 0 bridgehead atoms. The minimum Gasteiger partial charge on any atom is -0.466 e. The highest BCUT2D eigenvalue weighted by atomic mass is 16.6. The number of nitrogens with zero attached hydrogens (tertiary/aromatic N) is 1. The van der Waals surface area contributed by atoms with Crippen molar-refractivity contribution in [3.05, 3.63) is 81.9 Å². The molecule has 27 heavy (non-hydrogen) atoms. The van der Waals surface area contributed by atoms with Crippen molar-refractivity contribution in [1.29, 1.82) is 0 Å². The molecule has 0 N–H and O–H groups in total. The van der Waals surface area contributed by atoms with Crippen LogP contribution >= 0.6 is 0 Å². The molecule has 0 aliphatic rings. The molecule has 2 aromatic rings. The van der Waals surface area contributed by atoms with Gasteiger partial charge in [0, 0.05) is 23.3 Å². The maximum atomic E-state index is 12.7. The van der Waals surface area contributed by atoms with Crippen LogP contribution in [0.25, 0.3) is 0 Å². The van der Waals surface area contributed by atoms with E-state index in [-0.39, 0.29) is 31.7 Å². The van der Waals surface area contributed by atoms with Gasteiger partial charge in [-0.05, 0) is 12.5 Å². The van der Waals surface area contributed by atoms with Gasteiger partial charge in [-0.15, -0.1) is 0 Å². The van der Waals surface area contributed by atoms with Crippen molar-refractivity contribution in [1.82, 2.24) is 0 Å². The first-order valence-corrected chi connectivity index (χ1v) is 8.95. The highest BCUT2D eigenvalue weighted by Gasteiger charge is 2.35. The lowest BCUT2D eigenvalue weighted by Crippen LogP contribution is -2.30. The number of nitro groups is 1. The van der Waals surface area contributed by atoms with E-state index in [0.29, 0.717) is 11.1 Å². The number of hydrogen-bond acceptors (Lipinski definition) is 5. The van der Waals surface area contributed by atoms with Crippen LogP contribution in [0.5, 0.6) is 0 Å². The van der Waals surface area contributed by atoms with E-state index in [1.807, 2.05) is 12.1 Å². The van der Waals surface area contributed by atoms with E-state index in [1.54, 1.807) is 55.5 Å². The van der Waals surface area contributed by atoms with Crippen LogP contribution in [0.4, 0.5) is 0 Å². The van der Waals surface area contributed by atoms with Crippen LogP contribution in [0.3, 0.4) is 0 Å². The summed E-state index contributed by atoms with van der Waals surface area (Å²) in [5.41, 5.74) is 1.23. The summed E-state index contributed by atoms with van der Waals surface area (Å²) in [6, 6.07) is 16.6. The third kappa shape index (κ3) is 6.02. The van der Waals surface area contributed by atoms with Crippen LogP contribution in [0, 0.1) is 10.1 Å². The summed E-state index contributed by atoms with van der Waals surface area (Å²) < 4.78 is 4.88. The van der Waals surface area contributed by atoms with Gasteiger partial charge in [0.15, 0.2) is 5.78 Å². The molecule has 2 rings (SSSR count). The number of carbonyl (C=O) groups excluding carboxylic acids is 2. The van der Waals surface area contributed by atoms with E-state index in [2.05, 4.69) is 0 Å². The fourth-order valence-corrected chi connectivity index (χ4v) is 3.07. The quantitative estimate of drug-likeness (QED) is 0.273. The fourth-order valence-electron chi connectivity index (χ4n) is 3.07. The van der Waals surface area contributed by atoms with Gasteiger partial charge in [0.05, 0.1) is 18.9 Å². The number of ether oxygens (including phenoxy) is 1. The second-order valence-corrected chi connectivity index (χ2v) is 6.21. The molecule has 2 atom stereocenters. The highest BCUT2D eigenvalue weighted by molar-refractivity contribution is 5.96. The standard InChI is InChI=1S/C21H23NO5/c1-2-27-21(24)14-13-19(22(25)26)18(16-9-5-3-6-10-16)15-20(23)17-11-7-4-8-12-17/h3-12,18-19H,2,13-15H2,1H3/t18-,19-/m1/s1. The Labute approximate surface area is 158 Å². The molecular formula is C21H23NO5. The van der Waals surface area contributed by atoms with Crippen molar-refractivity contribution >= 4 is 11.8 Å². The Morgan fingerprint density at radius 3 is 2.19 bits per heavy atom. The molecule has 0 saturated heterocycles. The van der Waals surface area contributed by atoms with Crippen LogP contribution in [0.15, 0.2) is 60.7 Å². The maximum absolute atomic E-state index is 12.7. The molecular weight excluding hydrogens is 346 g/mol. The van der Waals surface area contributed by atoms with Crippen LogP contribution in [-0.2, 0) is 9.53 Å². The number of carbonyl (C=O) groups is 2. The largest absolute Gasteiger partial charge is 0.466 e. The van der Waals surface area contributed by atoms with Gasteiger partial charge in [-0.3, -0.25) is 19.7 Å². The Morgan fingerprint density at radius 1 is 1.04 bits per heavy atom. The smallest absolute Gasteiger partial charge is 0.306 e. The monoisotopic (exact) mass is 369 g/mol. The zero-order valence-corrected chi connectivity index (χ0v) is 15.2. The van der Waals surface area contributed by atoms with Gasteiger partial charge in [-0.2, -0.15) is 0 Å². The Bertz CT molecular complexity index is 761. The zero-order valence-electron chi connectivity index (χ0n) is 15.2. The van der Waals surface area contributed by atoms with Gasteiger partial charge in [0.2, 0.25) is 6.04 Å². The Hall–Kier alpha value is -3.02. The number of rotatable bonds is 10. The number of Topliss-reactive ketones (excluding diaryl/α,β-unsaturated/α-hetero) is 1. The molecule has 0 amide bonds. The van der Waals surface area contributed by atoms with Crippen LogP contribution in [0.1, 0.15) is 48.0 Å². The average Bonchev–Trinajstić information content (AvgIpc) is 2.68. The van der Waals surface area contributed by atoms with E-state index in [1.165, 1.54) is 0 Å². The van der Waals surface area contributed by atoms with Gasteiger partial charge in [0.1, 0.15) is 0 Å².